The second-order valence-electron chi connectivity index (χ2n) is 3.85. The van der Waals surface area contributed by atoms with E-state index >= 15 is 0 Å². The molecule has 82 valence electrons. The summed E-state index contributed by atoms with van der Waals surface area (Å²) in [5.41, 5.74) is 0. The lowest BCUT2D eigenvalue weighted by molar-refractivity contribution is -0.120. The van der Waals surface area contributed by atoms with E-state index in [1.54, 1.807) is 16.9 Å². The molecule has 0 spiro atoms. The standard InChI is InChI=1S/C10H16N4O/c1-14-9(4-7-12-14)13-10(15)8-2-5-11-6-3-8/h4,7-8,11H,2-3,5-6H2,1H3,(H,13,15). The molecule has 1 aromatic heterocycles. The molecule has 1 aliphatic rings. The highest BCUT2D eigenvalue weighted by Gasteiger charge is 2.21. The van der Waals surface area contributed by atoms with Gasteiger partial charge in [-0.1, -0.05) is 0 Å². The molecule has 0 bridgehead atoms. The molecule has 2 rings (SSSR count). The first-order chi connectivity index (χ1) is 7.27. The fraction of sp³-hybridized carbons (Fsp3) is 0.600. The van der Waals surface area contributed by atoms with Gasteiger partial charge in [-0.15, -0.1) is 0 Å². The van der Waals surface area contributed by atoms with Crippen LogP contribution in [0, 0.1) is 5.92 Å². The van der Waals surface area contributed by atoms with Crippen LogP contribution in [-0.4, -0.2) is 28.8 Å². The third-order valence-corrected chi connectivity index (χ3v) is 2.78. The Balaban J connectivity index is 1.94. The van der Waals surface area contributed by atoms with Gasteiger partial charge in [0, 0.05) is 19.0 Å². The van der Waals surface area contributed by atoms with E-state index < -0.39 is 0 Å². The van der Waals surface area contributed by atoms with Crippen molar-refractivity contribution in [2.45, 2.75) is 12.8 Å². The van der Waals surface area contributed by atoms with Crippen molar-refractivity contribution in [2.75, 3.05) is 18.4 Å². The summed E-state index contributed by atoms with van der Waals surface area (Å²) in [6, 6.07) is 1.80. The molecule has 2 N–H and O–H groups in total. The molecule has 0 radical (unpaired) electrons. The Bertz CT molecular complexity index is 341. The second-order valence-corrected chi connectivity index (χ2v) is 3.85. The number of rotatable bonds is 2. The van der Waals surface area contributed by atoms with Crippen molar-refractivity contribution in [1.29, 1.82) is 0 Å². The number of aryl methyl sites for hydroxylation is 1. The topological polar surface area (TPSA) is 59.0 Å². The molecule has 0 unspecified atom stereocenters. The first kappa shape index (κ1) is 10.2. The molecule has 15 heavy (non-hydrogen) atoms. The predicted octanol–water partition coefficient (Wildman–Crippen LogP) is 0.358. The Morgan fingerprint density at radius 1 is 1.60 bits per heavy atom. The number of nitrogens with one attached hydrogen (secondary N) is 2. The maximum absolute atomic E-state index is 11.8. The van der Waals surface area contributed by atoms with Gasteiger partial charge in [0.05, 0.1) is 6.20 Å². The molecule has 0 saturated carbocycles. The molecule has 0 aliphatic carbocycles. The van der Waals surface area contributed by atoms with E-state index in [2.05, 4.69) is 15.7 Å². The highest BCUT2D eigenvalue weighted by molar-refractivity contribution is 5.91. The van der Waals surface area contributed by atoms with Gasteiger partial charge in [-0.25, -0.2) is 0 Å². The van der Waals surface area contributed by atoms with E-state index in [0.29, 0.717) is 0 Å². The number of carbonyl (C=O) groups is 1. The van der Waals surface area contributed by atoms with Gasteiger partial charge in [0.1, 0.15) is 5.82 Å². The van der Waals surface area contributed by atoms with Gasteiger partial charge in [-0.05, 0) is 25.9 Å². The first-order valence-corrected chi connectivity index (χ1v) is 5.27. The molecule has 1 aliphatic heterocycles. The van der Waals surface area contributed by atoms with E-state index in [9.17, 15) is 4.79 Å². The van der Waals surface area contributed by atoms with Gasteiger partial charge in [-0.3, -0.25) is 9.48 Å². The van der Waals surface area contributed by atoms with E-state index in [1.807, 2.05) is 7.05 Å². The average molecular weight is 208 g/mol. The zero-order valence-electron chi connectivity index (χ0n) is 8.86. The maximum Gasteiger partial charge on any atom is 0.228 e. The lowest BCUT2D eigenvalue weighted by Crippen LogP contribution is -2.34. The number of hydrogen-bond donors (Lipinski definition) is 2. The molecular formula is C10H16N4O. The highest BCUT2D eigenvalue weighted by Crippen LogP contribution is 2.14. The fourth-order valence-corrected chi connectivity index (χ4v) is 1.81. The lowest BCUT2D eigenvalue weighted by Gasteiger charge is -2.21. The molecule has 5 nitrogen and oxygen atoms in total. The minimum absolute atomic E-state index is 0.111. The summed E-state index contributed by atoms with van der Waals surface area (Å²) in [7, 11) is 1.82. The normalized spacial score (nSPS) is 17.7. The third-order valence-electron chi connectivity index (χ3n) is 2.78. The Kier molecular flexibility index (Phi) is 3.01. The number of amides is 1. The van der Waals surface area contributed by atoms with E-state index in [4.69, 9.17) is 0 Å². The minimum Gasteiger partial charge on any atom is -0.317 e. The van der Waals surface area contributed by atoms with Crippen molar-refractivity contribution in [3.63, 3.8) is 0 Å². The van der Waals surface area contributed by atoms with Crippen molar-refractivity contribution >= 4 is 11.7 Å². The lowest BCUT2D eigenvalue weighted by atomic mass is 9.97. The number of carbonyl (C=O) groups excluding carboxylic acids is 1. The quantitative estimate of drug-likeness (QED) is 0.737. The number of hydrogen-bond acceptors (Lipinski definition) is 3. The van der Waals surface area contributed by atoms with Gasteiger partial charge in [0.25, 0.3) is 0 Å². The molecule has 2 heterocycles. The van der Waals surface area contributed by atoms with Crippen LogP contribution in [0.15, 0.2) is 12.3 Å². The number of piperidine rings is 1. The van der Waals surface area contributed by atoms with Crippen LogP contribution in [0.1, 0.15) is 12.8 Å². The number of nitrogens with zero attached hydrogens (tertiary/aromatic N) is 2. The van der Waals surface area contributed by atoms with Crippen molar-refractivity contribution in [3.8, 4) is 0 Å². The Morgan fingerprint density at radius 3 is 2.93 bits per heavy atom. The zero-order chi connectivity index (χ0) is 10.7. The van der Waals surface area contributed by atoms with Gasteiger partial charge in [0.15, 0.2) is 0 Å². The Hall–Kier alpha value is -1.36. The summed E-state index contributed by atoms with van der Waals surface area (Å²) >= 11 is 0. The third kappa shape index (κ3) is 2.36. The van der Waals surface area contributed by atoms with E-state index in [0.717, 1.165) is 31.7 Å². The summed E-state index contributed by atoms with van der Waals surface area (Å²) in [6.45, 7) is 1.87. The fourth-order valence-electron chi connectivity index (χ4n) is 1.81. The van der Waals surface area contributed by atoms with Crippen LogP contribution in [0.4, 0.5) is 5.82 Å². The van der Waals surface area contributed by atoms with Crippen LogP contribution in [-0.2, 0) is 11.8 Å². The molecular weight excluding hydrogens is 192 g/mol. The van der Waals surface area contributed by atoms with Crippen molar-refractivity contribution in [2.24, 2.45) is 13.0 Å². The van der Waals surface area contributed by atoms with Crippen LogP contribution in [0.2, 0.25) is 0 Å². The second kappa shape index (κ2) is 4.44. The average Bonchev–Trinajstić information content (AvgIpc) is 2.66. The summed E-state index contributed by atoms with van der Waals surface area (Å²) in [4.78, 5) is 11.8. The minimum atomic E-state index is 0.111. The molecule has 1 fully saturated rings. The summed E-state index contributed by atoms with van der Waals surface area (Å²) < 4.78 is 1.67. The number of anilines is 1. The first-order valence-electron chi connectivity index (χ1n) is 5.27. The molecule has 0 atom stereocenters. The van der Waals surface area contributed by atoms with Gasteiger partial charge in [-0.2, -0.15) is 5.10 Å². The van der Waals surface area contributed by atoms with Crippen molar-refractivity contribution in [1.82, 2.24) is 15.1 Å². The Morgan fingerprint density at radius 2 is 2.33 bits per heavy atom. The predicted molar refractivity (Wildman–Crippen MR) is 57.4 cm³/mol. The van der Waals surface area contributed by atoms with Gasteiger partial charge >= 0.3 is 0 Å². The molecule has 5 heteroatoms. The van der Waals surface area contributed by atoms with Crippen molar-refractivity contribution < 1.29 is 4.79 Å². The highest BCUT2D eigenvalue weighted by atomic mass is 16.2. The van der Waals surface area contributed by atoms with Crippen LogP contribution in [0.25, 0.3) is 0 Å². The molecule has 0 aromatic carbocycles. The molecule has 1 aromatic rings. The summed E-state index contributed by atoms with van der Waals surface area (Å²) in [5.74, 6) is 1.01. The Labute approximate surface area is 88.8 Å². The van der Waals surface area contributed by atoms with E-state index in [1.165, 1.54) is 0 Å². The van der Waals surface area contributed by atoms with E-state index in [-0.39, 0.29) is 11.8 Å². The van der Waals surface area contributed by atoms with Gasteiger partial charge in [0.2, 0.25) is 5.91 Å². The van der Waals surface area contributed by atoms with Crippen LogP contribution in [0.5, 0.6) is 0 Å². The van der Waals surface area contributed by atoms with Gasteiger partial charge < -0.3 is 10.6 Å². The maximum atomic E-state index is 11.8. The summed E-state index contributed by atoms with van der Waals surface area (Å²) in [5, 5.41) is 10.1. The largest absolute Gasteiger partial charge is 0.317 e. The monoisotopic (exact) mass is 208 g/mol. The molecule has 1 saturated heterocycles. The zero-order valence-corrected chi connectivity index (χ0v) is 8.86. The summed E-state index contributed by atoms with van der Waals surface area (Å²) in [6.07, 6.45) is 3.52. The SMILES string of the molecule is Cn1nccc1NC(=O)C1CCNCC1. The van der Waals surface area contributed by atoms with Crippen LogP contribution >= 0.6 is 0 Å². The smallest absolute Gasteiger partial charge is 0.228 e. The van der Waals surface area contributed by atoms with Crippen molar-refractivity contribution in [3.05, 3.63) is 12.3 Å². The molecule has 1 amide bonds. The van der Waals surface area contributed by atoms with Crippen LogP contribution < -0.4 is 10.6 Å². The number of aromatic nitrogens is 2. The van der Waals surface area contributed by atoms with Crippen LogP contribution in [0.3, 0.4) is 0 Å².